The highest BCUT2D eigenvalue weighted by Crippen LogP contribution is 2.30. The number of ether oxygens (including phenoxy) is 2. The molecule has 2 heterocycles. The van der Waals surface area contributed by atoms with Crippen molar-refractivity contribution in [1.82, 2.24) is 14.5 Å². The van der Waals surface area contributed by atoms with Crippen molar-refractivity contribution in [1.29, 1.82) is 0 Å². The molecule has 0 unspecified atom stereocenters. The summed E-state index contributed by atoms with van der Waals surface area (Å²) in [5, 5.41) is 1.03. The number of fused-ring (bicyclic) bond motifs is 3. The highest BCUT2D eigenvalue weighted by atomic mass is 35.5. The van der Waals surface area contributed by atoms with Gasteiger partial charge in [0.25, 0.3) is 0 Å². The van der Waals surface area contributed by atoms with Crippen molar-refractivity contribution in [3.05, 3.63) is 60.4 Å². The van der Waals surface area contributed by atoms with Gasteiger partial charge in [0.05, 0.1) is 30.0 Å². The first kappa shape index (κ1) is 22.4. The van der Waals surface area contributed by atoms with Gasteiger partial charge in [0.2, 0.25) is 0 Å². The highest BCUT2D eigenvalue weighted by molar-refractivity contribution is 6.06. The number of hydrogen-bond acceptors (Lipinski definition) is 5. The summed E-state index contributed by atoms with van der Waals surface area (Å²) >= 11 is 0. The number of aromatic nitrogens is 3. The number of halogens is 1. The number of rotatable bonds is 8. The van der Waals surface area contributed by atoms with E-state index < -0.39 is 0 Å². The molecule has 0 spiro atoms. The van der Waals surface area contributed by atoms with E-state index >= 15 is 0 Å². The van der Waals surface area contributed by atoms with E-state index in [4.69, 9.17) is 21.6 Å². The van der Waals surface area contributed by atoms with Gasteiger partial charge in [0, 0.05) is 12.0 Å². The molecule has 7 heteroatoms. The summed E-state index contributed by atoms with van der Waals surface area (Å²) in [6.45, 7) is 3.47. The Morgan fingerprint density at radius 2 is 1.94 bits per heavy atom. The van der Waals surface area contributed by atoms with Crippen LogP contribution < -0.4 is 10.5 Å². The lowest BCUT2D eigenvalue weighted by atomic mass is 10.1. The van der Waals surface area contributed by atoms with E-state index in [9.17, 15) is 0 Å². The molecule has 0 amide bonds. The summed E-state index contributed by atoms with van der Waals surface area (Å²) in [6, 6.07) is 16.0. The predicted molar refractivity (Wildman–Crippen MR) is 127 cm³/mol. The van der Waals surface area contributed by atoms with Crippen LogP contribution in [0.3, 0.4) is 0 Å². The minimum Gasteiger partial charge on any atom is -0.481 e. The van der Waals surface area contributed by atoms with E-state index in [2.05, 4.69) is 38.7 Å². The average Bonchev–Trinajstić information content (AvgIpc) is 3.22. The van der Waals surface area contributed by atoms with Crippen molar-refractivity contribution in [3.63, 3.8) is 0 Å². The molecule has 2 aromatic carbocycles. The van der Waals surface area contributed by atoms with Crippen LogP contribution in [0.2, 0.25) is 0 Å². The minimum absolute atomic E-state index is 0. The van der Waals surface area contributed by atoms with Crippen LogP contribution in [-0.2, 0) is 11.2 Å². The lowest BCUT2D eigenvalue weighted by Crippen LogP contribution is -2.18. The third kappa shape index (κ3) is 4.74. The number of anilines is 1. The van der Waals surface area contributed by atoms with E-state index in [1.54, 1.807) is 0 Å². The van der Waals surface area contributed by atoms with Gasteiger partial charge in [-0.25, -0.2) is 9.97 Å². The minimum atomic E-state index is 0. The Bertz CT molecular complexity index is 1200. The Hall–Kier alpha value is -3.27. The topological polar surface area (TPSA) is 75.2 Å². The third-order valence-corrected chi connectivity index (χ3v) is 5.06. The maximum absolute atomic E-state index is 6.20. The molecule has 6 nitrogen and oxygen atoms in total. The Labute approximate surface area is 187 Å². The second kappa shape index (κ2) is 10.2. The van der Waals surface area contributed by atoms with E-state index in [0.717, 1.165) is 28.6 Å². The normalized spacial score (nSPS) is 11.7. The quantitative estimate of drug-likeness (QED) is 0.414. The fourth-order valence-electron chi connectivity index (χ4n) is 3.66. The smallest absolute Gasteiger partial charge is 0.152 e. The Morgan fingerprint density at radius 1 is 1.16 bits per heavy atom. The number of benzene rings is 2. The molecule has 4 aromatic rings. The number of hydrogen-bond donors (Lipinski definition) is 1. The van der Waals surface area contributed by atoms with E-state index in [0.29, 0.717) is 24.5 Å². The summed E-state index contributed by atoms with van der Waals surface area (Å²) < 4.78 is 13.5. The fraction of sp³-hybridized carbons (Fsp3) is 0.250. The van der Waals surface area contributed by atoms with Gasteiger partial charge < -0.3 is 19.8 Å². The van der Waals surface area contributed by atoms with Gasteiger partial charge in [-0.3, -0.25) is 0 Å². The first-order chi connectivity index (χ1) is 14.7. The number of nitrogens with two attached hydrogens (primary N) is 1. The van der Waals surface area contributed by atoms with Crippen molar-refractivity contribution in [2.45, 2.75) is 19.4 Å². The monoisotopic (exact) mass is 436 g/mol. The summed E-state index contributed by atoms with van der Waals surface area (Å²) in [5.41, 5.74) is 9.92. The first-order valence-corrected chi connectivity index (χ1v) is 9.95. The van der Waals surface area contributed by atoms with Gasteiger partial charge in [-0.1, -0.05) is 36.3 Å². The summed E-state index contributed by atoms with van der Waals surface area (Å²) in [7, 11) is 0. The molecule has 0 radical (unpaired) electrons. The molecular weight excluding hydrogens is 412 g/mol. The largest absolute Gasteiger partial charge is 0.481 e. The molecular formula is C24H25ClN4O2. The van der Waals surface area contributed by atoms with Crippen molar-refractivity contribution < 1.29 is 9.47 Å². The number of nitrogens with zero attached hydrogens (tertiary/aromatic N) is 3. The fourth-order valence-corrected chi connectivity index (χ4v) is 3.66. The molecule has 0 aliphatic heterocycles. The van der Waals surface area contributed by atoms with Crippen LogP contribution in [0.25, 0.3) is 21.9 Å². The molecule has 0 saturated heterocycles. The lowest BCUT2D eigenvalue weighted by molar-refractivity contribution is 0.114. The van der Waals surface area contributed by atoms with Crippen molar-refractivity contribution in [3.8, 4) is 18.1 Å². The summed E-state index contributed by atoms with van der Waals surface area (Å²) in [4.78, 5) is 9.07. The van der Waals surface area contributed by atoms with Crippen LogP contribution in [0.15, 0.2) is 54.9 Å². The zero-order valence-corrected chi connectivity index (χ0v) is 18.1. The molecule has 0 bridgehead atoms. The van der Waals surface area contributed by atoms with Crippen LogP contribution in [0.4, 0.5) is 5.82 Å². The second-order valence-electron chi connectivity index (χ2n) is 7.02. The Morgan fingerprint density at radius 3 is 2.68 bits per heavy atom. The summed E-state index contributed by atoms with van der Waals surface area (Å²) in [6.07, 6.45) is 7.87. The van der Waals surface area contributed by atoms with Crippen LogP contribution in [0.5, 0.6) is 5.75 Å². The van der Waals surface area contributed by atoms with Gasteiger partial charge in [0.15, 0.2) is 5.82 Å². The third-order valence-electron chi connectivity index (χ3n) is 5.06. The van der Waals surface area contributed by atoms with Gasteiger partial charge >= 0.3 is 0 Å². The Balaban J connectivity index is 0.00000272. The molecule has 2 aromatic heterocycles. The standard InChI is InChI=1S/C24H24N4O2.ClH/c1-3-13-30-19-11-9-17(10-12-19)14-18(15-29-4-2)28-16-26-22-23(28)20-7-5-6-8-21(20)27-24(22)25;/h1,5-12,16,18H,4,13-15H2,2H3,(H2,25,27);1H/t18-;/m0./s1. The van der Waals surface area contributed by atoms with Crippen LogP contribution >= 0.6 is 12.4 Å². The molecule has 0 fully saturated rings. The molecule has 0 aliphatic carbocycles. The maximum Gasteiger partial charge on any atom is 0.152 e. The van der Waals surface area contributed by atoms with Crippen LogP contribution in [0.1, 0.15) is 18.5 Å². The van der Waals surface area contributed by atoms with Crippen molar-refractivity contribution in [2.24, 2.45) is 0 Å². The number of terminal acetylenes is 1. The van der Waals surface area contributed by atoms with E-state index in [1.165, 1.54) is 5.56 Å². The zero-order valence-electron chi connectivity index (χ0n) is 17.3. The lowest BCUT2D eigenvalue weighted by Gasteiger charge is -2.20. The van der Waals surface area contributed by atoms with Crippen LogP contribution in [-0.4, -0.2) is 34.4 Å². The molecule has 4 rings (SSSR count). The van der Waals surface area contributed by atoms with E-state index in [-0.39, 0.29) is 25.1 Å². The molecule has 0 saturated carbocycles. The van der Waals surface area contributed by atoms with Crippen LogP contribution in [0, 0.1) is 12.3 Å². The second-order valence-corrected chi connectivity index (χ2v) is 7.02. The number of pyridine rings is 1. The van der Waals surface area contributed by atoms with Crippen molar-refractivity contribution in [2.75, 3.05) is 25.6 Å². The van der Waals surface area contributed by atoms with E-state index in [1.807, 2.05) is 43.6 Å². The molecule has 160 valence electrons. The van der Waals surface area contributed by atoms with Crippen molar-refractivity contribution >= 4 is 40.2 Å². The first-order valence-electron chi connectivity index (χ1n) is 9.95. The molecule has 0 aliphatic rings. The number of imidazole rings is 1. The van der Waals surface area contributed by atoms with Gasteiger partial charge in [-0.15, -0.1) is 18.8 Å². The zero-order chi connectivity index (χ0) is 20.9. The molecule has 31 heavy (non-hydrogen) atoms. The van der Waals surface area contributed by atoms with Gasteiger partial charge in [0.1, 0.15) is 17.9 Å². The maximum atomic E-state index is 6.20. The average molecular weight is 437 g/mol. The highest BCUT2D eigenvalue weighted by Gasteiger charge is 2.19. The van der Waals surface area contributed by atoms with Gasteiger partial charge in [-0.05, 0) is 37.1 Å². The van der Waals surface area contributed by atoms with Gasteiger partial charge in [-0.2, -0.15) is 0 Å². The predicted octanol–water partition coefficient (Wildman–Crippen LogP) is 4.42. The Kier molecular flexibility index (Phi) is 7.35. The number of nitrogen functional groups attached to an aromatic ring is 1. The molecule has 2 N–H and O–H groups in total. The molecule has 1 atom stereocenters. The number of para-hydroxylation sites is 1. The SMILES string of the molecule is C#CCOc1ccc(C[C@@H](COCC)n2cnc3c(N)nc4ccccc4c32)cc1.Cl. The summed E-state index contributed by atoms with van der Waals surface area (Å²) in [5.74, 6) is 3.67.